The molecule has 1 aliphatic rings. The first-order valence-corrected chi connectivity index (χ1v) is 6.53. The van der Waals surface area contributed by atoms with Crippen LogP contribution in [0.1, 0.15) is 26.2 Å². The fraction of sp³-hybridized carbons (Fsp3) is 0.833. The van der Waals surface area contributed by atoms with Gasteiger partial charge in [-0.25, -0.2) is 4.79 Å². The highest BCUT2D eigenvalue weighted by atomic mass is 16.5. The van der Waals surface area contributed by atoms with E-state index < -0.39 is 24.0 Å². The minimum atomic E-state index is -1.27. The lowest BCUT2D eigenvalue weighted by Crippen LogP contribution is -2.47. The molecule has 0 spiro atoms. The standard InChI is InChI=1S/C12H22N2O5/c1-8(15)11(12(17)18)14-10(16)4-7-19-9-2-5-13-6-3-9/h8-9,11,13,15H,2-7H2,1H3,(H,14,16)(H,17,18). The molecule has 1 fully saturated rings. The number of ether oxygens (including phenoxy) is 1. The van der Waals surface area contributed by atoms with E-state index in [-0.39, 0.29) is 19.1 Å². The lowest BCUT2D eigenvalue weighted by molar-refractivity contribution is -0.145. The lowest BCUT2D eigenvalue weighted by Gasteiger charge is -2.23. The Kier molecular flexibility index (Phi) is 6.75. The summed E-state index contributed by atoms with van der Waals surface area (Å²) in [5.74, 6) is -1.68. The topological polar surface area (TPSA) is 108 Å². The van der Waals surface area contributed by atoms with Gasteiger partial charge in [0.1, 0.15) is 0 Å². The summed E-state index contributed by atoms with van der Waals surface area (Å²) in [5, 5.41) is 23.5. The first-order chi connectivity index (χ1) is 9.00. The molecule has 0 aromatic carbocycles. The van der Waals surface area contributed by atoms with E-state index in [0.29, 0.717) is 0 Å². The molecule has 2 unspecified atom stereocenters. The number of piperidine rings is 1. The van der Waals surface area contributed by atoms with E-state index in [0.717, 1.165) is 25.9 Å². The Morgan fingerprint density at radius 2 is 2.05 bits per heavy atom. The summed E-state index contributed by atoms with van der Waals surface area (Å²) in [6.07, 6.45) is 0.980. The average Bonchev–Trinajstić information content (AvgIpc) is 2.36. The summed E-state index contributed by atoms with van der Waals surface area (Å²) >= 11 is 0. The maximum atomic E-state index is 11.5. The van der Waals surface area contributed by atoms with E-state index in [9.17, 15) is 14.7 Å². The van der Waals surface area contributed by atoms with Crippen LogP contribution in [0.3, 0.4) is 0 Å². The fourth-order valence-electron chi connectivity index (χ4n) is 1.91. The summed E-state index contributed by atoms with van der Waals surface area (Å²) in [6, 6.07) is -1.27. The van der Waals surface area contributed by atoms with Gasteiger partial charge >= 0.3 is 5.97 Å². The molecule has 1 amide bonds. The third-order valence-electron chi connectivity index (χ3n) is 3.03. The molecular formula is C12H22N2O5. The van der Waals surface area contributed by atoms with E-state index in [2.05, 4.69) is 10.6 Å². The van der Waals surface area contributed by atoms with Crippen LogP contribution in [0.15, 0.2) is 0 Å². The number of carboxylic acid groups (broad SMARTS) is 1. The molecule has 0 aliphatic carbocycles. The molecule has 1 saturated heterocycles. The monoisotopic (exact) mass is 274 g/mol. The number of rotatable bonds is 7. The van der Waals surface area contributed by atoms with Crippen molar-refractivity contribution in [2.75, 3.05) is 19.7 Å². The molecule has 4 N–H and O–H groups in total. The van der Waals surface area contributed by atoms with Crippen LogP contribution in [0, 0.1) is 0 Å². The highest BCUT2D eigenvalue weighted by Crippen LogP contribution is 2.07. The second-order valence-electron chi connectivity index (χ2n) is 4.69. The smallest absolute Gasteiger partial charge is 0.328 e. The van der Waals surface area contributed by atoms with Crippen LogP contribution >= 0.6 is 0 Å². The Balaban J connectivity index is 2.21. The molecule has 19 heavy (non-hydrogen) atoms. The SMILES string of the molecule is CC(O)C(NC(=O)CCOC1CCNCC1)C(=O)O. The number of nitrogens with one attached hydrogen (secondary N) is 2. The van der Waals surface area contributed by atoms with Gasteiger partial charge in [0.05, 0.1) is 18.8 Å². The number of amides is 1. The number of carbonyl (C=O) groups is 2. The third-order valence-corrected chi connectivity index (χ3v) is 3.03. The molecule has 0 bridgehead atoms. The van der Waals surface area contributed by atoms with Gasteiger partial charge in [-0.05, 0) is 32.9 Å². The van der Waals surface area contributed by atoms with Crippen LogP contribution in [0.5, 0.6) is 0 Å². The second kappa shape index (κ2) is 8.08. The minimum absolute atomic E-state index is 0.0976. The maximum Gasteiger partial charge on any atom is 0.328 e. The molecule has 0 aromatic rings. The first-order valence-electron chi connectivity index (χ1n) is 6.53. The van der Waals surface area contributed by atoms with Crippen molar-refractivity contribution in [3.8, 4) is 0 Å². The Morgan fingerprint density at radius 3 is 2.58 bits per heavy atom. The molecule has 0 aromatic heterocycles. The van der Waals surface area contributed by atoms with Crippen LogP contribution in [-0.2, 0) is 14.3 Å². The van der Waals surface area contributed by atoms with Crippen molar-refractivity contribution in [1.29, 1.82) is 0 Å². The number of carboxylic acids is 1. The van der Waals surface area contributed by atoms with E-state index in [1.807, 2.05) is 0 Å². The van der Waals surface area contributed by atoms with Crippen molar-refractivity contribution >= 4 is 11.9 Å². The number of aliphatic hydroxyl groups is 1. The Hall–Kier alpha value is -1.18. The number of hydrogen-bond acceptors (Lipinski definition) is 5. The highest BCUT2D eigenvalue weighted by Gasteiger charge is 2.24. The Labute approximate surface area is 112 Å². The molecule has 110 valence electrons. The average molecular weight is 274 g/mol. The van der Waals surface area contributed by atoms with Gasteiger partial charge < -0.3 is 25.6 Å². The third kappa shape index (κ3) is 6.00. The van der Waals surface area contributed by atoms with Crippen LogP contribution in [0.2, 0.25) is 0 Å². The van der Waals surface area contributed by atoms with E-state index >= 15 is 0 Å². The molecule has 1 rings (SSSR count). The Morgan fingerprint density at radius 1 is 1.42 bits per heavy atom. The quantitative estimate of drug-likeness (QED) is 0.479. The molecule has 1 aliphatic heterocycles. The summed E-state index contributed by atoms with van der Waals surface area (Å²) < 4.78 is 5.55. The second-order valence-corrected chi connectivity index (χ2v) is 4.69. The number of carbonyl (C=O) groups excluding carboxylic acids is 1. The zero-order chi connectivity index (χ0) is 14.3. The lowest BCUT2D eigenvalue weighted by atomic mass is 10.1. The molecule has 7 nitrogen and oxygen atoms in total. The van der Waals surface area contributed by atoms with Crippen LogP contribution in [0.4, 0.5) is 0 Å². The van der Waals surface area contributed by atoms with Gasteiger partial charge in [0.15, 0.2) is 6.04 Å². The van der Waals surface area contributed by atoms with Crippen LogP contribution in [-0.4, -0.2) is 60.0 Å². The maximum absolute atomic E-state index is 11.5. The van der Waals surface area contributed by atoms with Gasteiger partial charge in [0, 0.05) is 6.42 Å². The summed E-state index contributed by atoms with van der Waals surface area (Å²) in [4.78, 5) is 22.3. The summed E-state index contributed by atoms with van der Waals surface area (Å²) in [7, 11) is 0. The van der Waals surface area contributed by atoms with Gasteiger partial charge in [0.2, 0.25) is 5.91 Å². The zero-order valence-corrected chi connectivity index (χ0v) is 11.1. The molecule has 2 atom stereocenters. The predicted octanol–water partition coefficient (Wildman–Crippen LogP) is -0.905. The van der Waals surface area contributed by atoms with Crippen molar-refractivity contribution in [1.82, 2.24) is 10.6 Å². The number of aliphatic carboxylic acids is 1. The van der Waals surface area contributed by atoms with Crippen molar-refractivity contribution in [2.45, 2.75) is 44.4 Å². The van der Waals surface area contributed by atoms with E-state index in [1.165, 1.54) is 6.92 Å². The predicted molar refractivity (Wildman–Crippen MR) is 67.7 cm³/mol. The normalized spacial score (nSPS) is 19.7. The largest absolute Gasteiger partial charge is 0.480 e. The minimum Gasteiger partial charge on any atom is -0.480 e. The zero-order valence-electron chi connectivity index (χ0n) is 11.1. The van der Waals surface area contributed by atoms with Gasteiger partial charge in [-0.15, -0.1) is 0 Å². The summed E-state index contributed by atoms with van der Waals surface area (Å²) in [5.41, 5.74) is 0. The fourth-order valence-corrected chi connectivity index (χ4v) is 1.91. The molecule has 0 saturated carbocycles. The number of hydrogen-bond donors (Lipinski definition) is 4. The van der Waals surface area contributed by atoms with E-state index in [1.54, 1.807) is 0 Å². The Bertz CT molecular complexity index is 302. The van der Waals surface area contributed by atoms with Crippen LogP contribution in [0.25, 0.3) is 0 Å². The van der Waals surface area contributed by atoms with Gasteiger partial charge in [-0.2, -0.15) is 0 Å². The van der Waals surface area contributed by atoms with Gasteiger partial charge in [0.25, 0.3) is 0 Å². The molecule has 0 radical (unpaired) electrons. The molecule has 7 heteroatoms. The van der Waals surface area contributed by atoms with Gasteiger partial charge in [-0.1, -0.05) is 0 Å². The highest BCUT2D eigenvalue weighted by molar-refractivity contribution is 5.83. The van der Waals surface area contributed by atoms with Gasteiger partial charge in [-0.3, -0.25) is 4.79 Å². The molecular weight excluding hydrogens is 252 g/mol. The van der Waals surface area contributed by atoms with E-state index in [4.69, 9.17) is 9.84 Å². The first kappa shape index (κ1) is 15.9. The molecule has 1 heterocycles. The van der Waals surface area contributed by atoms with Crippen molar-refractivity contribution in [2.24, 2.45) is 0 Å². The van der Waals surface area contributed by atoms with Crippen molar-refractivity contribution < 1.29 is 24.5 Å². The summed E-state index contributed by atoms with van der Waals surface area (Å²) in [6.45, 7) is 3.42. The van der Waals surface area contributed by atoms with Crippen molar-refractivity contribution in [3.63, 3.8) is 0 Å². The van der Waals surface area contributed by atoms with Crippen LogP contribution < -0.4 is 10.6 Å². The number of aliphatic hydroxyl groups excluding tert-OH is 1. The van der Waals surface area contributed by atoms with Crippen molar-refractivity contribution in [3.05, 3.63) is 0 Å².